The van der Waals surface area contributed by atoms with Crippen LogP contribution < -0.4 is 0 Å². The summed E-state index contributed by atoms with van der Waals surface area (Å²) in [6, 6.07) is 0.475. The first-order valence-electron chi connectivity index (χ1n) is 6.71. The van der Waals surface area contributed by atoms with Gasteiger partial charge in [0.1, 0.15) is 0 Å². The molecule has 4 heteroatoms. The monoisotopic (exact) mass is 245 g/mol. The van der Waals surface area contributed by atoms with E-state index in [-0.39, 0.29) is 13.2 Å². The van der Waals surface area contributed by atoms with E-state index in [4.69, 9.17) is 0 Å². The van der Waals surface area contributed by atoms with E-state index < -0.39 is 11.6 Å². The average molecular weight is 245 g/mol. The van der Waals surface area contributed by atoms with E-state index in [1.807, 2.05) is 7.05 Å². The van der Waals surface area contributed by atoms with Crippen molar-refractivity contribution in [1.29, 1.82) is 0 Å². The molecule has 1 aliphatic carbocycles. The Bertz CT molecular complexity index is 209. The van der Waals surface area contributed by atoms with Crippen LogP contribution in [0.3, 0.4) is 0 Å². The number of likely N-dealkylation sites (N-methyl/N-ethyl adjacent to an activating group) is 1. The number of rotatable bonds is 7. The zero-order valence-corrected chi connectivity index (χ0v) is 11.1. The molecule has 0 bridgehead atoms. The molecule has 0 aromatic carbocycles. The van der Waals surface area contributed by atoms with Crippen molar-refractivity contribution in [1.82, 2.24) is 4.90 Å². The third-order valence-corrected chi connectivity index (χ3v) is 4.44. The second-order valence-corrected chi connectivity index (χ2v) is 5.28. The van der Waals surface area contributed by atoms with Crippen LogP contribution in [0.2, 0.25) is 0 Å². The lowest BCUT2D eigenvalue weighted by molar-refractivity contribution is -0.0572. The summed E-state index contributed by atoms with van der Waals surface area (Å²) in [5.41, 5.74) is -0.488. The molecule has 1 fully saturated rings. The Hall–Kier alpha value is -0.160. The van der Waals surface area contributed by atoms with Crippen molar-refractivity contribution in [2.24, 2.45) is 0 Å². The zero-order chi connectivity index (χ0) is 12.9. The average Bonchev–Trinajstić information content (AvgIpc) is 2.80. The van der Waals surface area contributed by atoms with Gasteiger partial charge in [-0.1, -0.05) is 12.8 Å². The standard InChI is InChI=1S/C13H27NO3/c1-11(17)13(7-9-15,8-10-16)14(2)12-5-3-4-6-12/h11-12,15-17H,3-10H2,1-2H3. The van der Waals surface area contributed by atoms with Crippen LogP contribution in [0.1, 0.15) is 45.4 Å². The second kappa shape index (κ2) is 6.69. The van der Waals surface area contributed by atoms with Crippen LogP contribution in [0.15, 0.2) is 0 Å². The van der Waals surface area contributed by atoms with Crippen molar-refractivity contribution < 1.29 is 15.3 Å². The third-order valence-electron chi connectivity index (χ3n) is 4.44. The fourth-order valence-corrected chi connectivity index (χ4v) is 3.23. The Kier molecular flexibility index (Phi) is 5.86. The van der Waals surface area contributed by atoms with Gasteiger partial charge in [0.05, 0.1) is 11.6 Å². The summed E-state index contributed by atoms with van der Waals surface area (Å²) in [6.45, 7) is 1.85. The van der Waals surface area contributed by atoms with E-state index in [9.17, 15) is 15.3 Å². The van der Waals surface area contributed by atoms with Crippen molar-refractivity contribution in [3.63, 3.8) is 0 Å². The van der Waals surface area contributed by atoms with Gasteiger partial charge in [0.25, 0.3) is 0 Å². The fourth-order valence-electron chi connectivity index (χ4n) is 3.23. The topological polar surface area (TPSA) is 63.9 Å². The molecule has 1 aliphatic rings. The largest absolute Gasteiger partial charge is 0.396 e. The van der Waals surface area contributed by atoms with Crippen LogP contribution in [0.5, 0.6) is 0 Å². The highest BCUT2D eigenvalue weighted by molar-refractivity contribution is 4.97. The molecule has 0 aromatic rings. The van der Waals surface area contributed by atoms with Gasteiger partial charge >= 0.3 is 0 Å². The van der Waals surface area contributed by atoms with E-state index in [0.717, 1.165) is 12.8 Å². The van der Waals surface area contributed by atoms with Crippen molar-refractivity contribution >= 4 is 0 Å². The van der Waals surface area contributed by atoms with Gasteiger partial charge in [-0.2, -0.15) is 0 Å². The molecule has 1 atom stereocenters. The minimum absolute atomic E-state index is 0.0436. The lowest BCUT2D eigenvalue weighted by atomic mass is 9.83. The predicted molar refractivity (Wildman–Crippen MR) is 67.8 cm³/mol. The van der Waals surface area contributed by atoms with Gasteiger partial charge in [0.15, 0.2) is 0 Å². The number of hydrogen-bond donors (Lipinski definition) is 3. The van der Waals surface area contributed by atoms with Crippen LogP contribution in [-0.4, -0.2) is 58.2 Å². The lowest BCUT2D eigenvalue weighted by Crippen LogP contribution is -2.58. The van der Waals surface area contributed by atoms with Crippen LogP contribution >= 0.6 is 0 Å². The van der Waals surface area contributed by atoms with Gasteiger partial charge in [-0.3, -0.25) is 4.90 Å². The first kappa shape index (κ1) is 14.9. The maximum absolute atomic E-state index is 10.1. The molecule has 0 spiro atoms. The summed E-state index contributed by atoms with van der Waals surface area (Å²) in [6.07, 6.45) is 5.26. The fraction of sp³-hybridized carbons (Fsp3) is 1.00. The van der Waals surface area contributed by atoms with E-state index in [1.165, 1.54) is 12.8 Å². The number of nitrogens with zero attached hydrogens (tertiary/aromatic N) is 1. The van der Waals surface area contributed by atoms with E-state index >= 15 is 0 Å². The molecular formula is C13H27NO3. The van der Waals surface area contributed by atoms with E-state index in [1.54, 1.807) is 6.92 Å². The molecule has 1 unspecified atom stereocenters. The molecule has 0 radical (unpaired) electrons. The van der Waals surface area contributed by atoms with Gasteiger partial charge in [-0.05, 0) is 39.7 Å². The second-order valence-electron chi connectivity index (χ2n) is 5.28. The highest BCUT2D eigenvalue weighted by Gasteiger charge is 2.41. The first-order chi connectivity index (χ1) is 8.08. The smallest absolute Gasteiger partial charge is 0.0697 e. The molecule has 3 N–H and O–H groups in total. The molecule has 0 aromatic heterocycles. The van der Waals surface area contributed by atoms with Crippen LogP contribution in [0.25, 0.3) is 0 Å². The van der Waals surface area contributed by atoms with E-state index in [2.05, 4.69) is 4.90 Å². The number of aliphatic hydroxyl groups excluding tert-OH is 3. The van der Waals surface area contributed by atoms with Gasteiger partial charge in [-0.15, -0.1) is 0 Å². The van der Waals surface area contributed by atoms with Crippen LogP contribution in [-0.2, 0) is 0 Å². The molecule has 1 saturated carbocycles. The highest BCUT2D eigenvalue weighted by Crippen LogP contribution is 2.34. The molecule has 0 amide bonds. The lowest BCUT2D eigenvalue weighted by Gasteiger charge is -2.47. The van der Waals surface area contributed by atoms with Crippen molar-refractivity contribution in [2.75, 3.05) is 20.3 Å². The van der Waals surface area contributed by atoms with Crippen molar-refractivity contribution in [3.8, 4) is 0 Å². The highest BCUT2D eigenvalue weighted by atomic mass is 16.3. The van der Waals surface area contributed by atoms with Crippen LogP contribution in [0, 0.1) is 0 Å². The summed E-state index contributed by atoms with van der Waals surface area (Å²) >= 11 is 0. The molecule has 4 nitrogen and oxygen atoms in total. The van der Waals surface area contributed by atoms with Gasteiger partial charge in [-0.25, -0.2) is 0 Å². The number of hydrogen-bond acceptors (Lipinski definition) is 4. The molecule has 1 rings (SSSR count). The summed E-state index contributed by atoms with van der Waals surface area (Å²) in [7, 11) is 2.02. The maximum atomic E-state index is 10.1. The Morgan fingerprint density at radius 2 is 1.65 bits per heavy atom. The third kappa shape index (κ3) is 3.19. The summed E-state index contributed by atoms with van der Waals surface area (Å²) in [4.78, 5) is 2.21. The maximum Gasteiger partial charge on any atom is 0.0697 e. The SMILES string of the molecule is CC(O)C(CCO)(CCO)N(C)C1CCCC1. The Balaban J connectivity index is 2.84. The quantitative estimate of drug-likeness (QED) is 0.619. The van der Waals surface area contributed by atoms with Crippen molar-refractivity contribution in [3.05, 3.63) is 0 Å². The molecule has 0 aliphatic heterocycles. The van der Waals surface area contributed by atoms with Crippen molar-refractivity contribution in [2.45, 2.75) is 63.1 Å². The number of aliphatic hydroxyl groups is 3. The molecule has 0 heterocycles. The molecule has 102 valence electrons. The summed E-state index contributed by atoms with van der Waals surface area (Å²) in [5, 5.41) is 28.6. The summed E-state index contributed by atoms with van der Waals surface area (Å²) < 4.78 is 0. The van der Waals surface area contributed by atoms with E-state index in [0.29, 0.717) is 18.9 Å². The normalized spacial score (nSPS) is 20.1. The first-order valence-corrected chi connectivity index (χ1v) is 6.71. The Morgan fingerprint density at radius 3 is 2.00 bits per heavy atom. The minimum Gasteiger partial charge on any atom is -0.396 e. The zero-order valence-electron chi connectivity index (χ0n) is 11.1. The summed E-state index contributed by atoms with van der Waals surface area (Å²) in [5.74, 6) is 0. The molecular weight excluding hydrogens is 218 g/mol. The van der Waals surface area contributed by atoms with Gasteiger partial charge < -0.3 is 15.3 Å². The van der Waals surface area contributed by atoms with Gasteiger partial charge in [0, 0.05) is 19.3 Å². The predicted octanol–water partition coefficient (Wildman–Crippen LogP) is 0.745. The minimum atomic E-state index is -0.549. The Morgan fingerprint density at radius 1 is 1.18 bits per heavy atom. The Labute approximate surface area is 104 Å². The molecule has 0 saturated heterocycles. The van der Waals surface area contributed by atoms with Crippen LogP contribution in [0.4, 0.5) is 0 Å². The van der Waals surface area contributed by atoms with Gasteiger partial charge in [0.2, 0.25) is 0 Å². The molecule has 17 heavy (non-hydrogen) atoms.